The highest BCUT2D eigenvalue weighted by atomic mass is 16.3. The fourth-order valence-corrected chi connectivity index (χ4v) is 9.83. The minimum Gasteiger partial charge on any atom is -0.456 e. The Morgan fingerprint density at radius 3 is 1.72 bits per heavy atom. The fraction of sp³-hybridized carbons (Fsp3) is 0. The van der Waals surface area contributed by atoms with E-state index in [4.69, 9.17) is 19.4 Å². The maximum Gasteiger partial charge on any atom is 0.160 e. The number of furan rings is 1. The number of pyridine rings is 1. The molecule has 0 bridgehead atoms. The second-order valence-electron chi connectivity index (χ2n) is 16.7. The number of benzene rings is 10. The molecule has 0 unspecified atom stereocenters. The minimum absolute atomic E-state index is 0.675. The fourth-order valence-electron chi connectivity index (χ4n) is 9.83. The van der Waals surface area contributed by atoms with Crippen molar-refractivity contribution in [3.8, 4) is 67.4 Å². The van der Waals surface area contributed by atoms with Crippen LogP contribution in [0.25, 0.3) is 133 Å². The lowest BCUT2D eigenvalue weighted by molar-refractivity contribution is 0.669. The van der Waals surface area contributed by atoms with Gasteiger partial charge in [0.2, 0.25) is 0 Å². The van der Waals surface area contributed by atoms with Gasteiger partial charge < -0.3 is 4.42 Å². The number of para-hydroxylation sites is 2. The van der Waals surface area contributed by atoms with Crippen LogP contribution in [0.2, 0.25) is 0 Å². The van der Waals surface area contributed by atoms with Crippen LogP contribution in [0.15, 0.2) is 229 Å². The zero-order chi connectivity index (χ0) is 42.8. The van der Waals surface area contributed by atoms with Gasteiger partial charge in [-0.25, -0.2) is 15.0 Å². The number of rotatable bonds is 6. The third-order valence-electron chi connectivity index (χ3n) is 12.8. The van der Waals surface area contributed by atoms with E-state index >= 15 is 0 Å². The number of nitrogens with zero attached hydrogens (tertiary/aromatic N) is 3. The summed E-state index contributed by atoms with van der Waals surface area (Å²) in [6, 6.07) is 79.1. The Hall–Kier alpha value is -8.73. The molecule has 302 valence electrons. The van der Waals surface area contributed by atoms with E-state index in [9.17, 15) is 0 Å². The van der Waals surface area contributed by atoms with Crippen molar-refractivity contribution in [1.29, 1.82) is 0 Å². The summed E-state index contributed by atoms with van der Waals surface area (Å²) < 4.78 is 6.76. The lowest BCUT2D eigenvalue weighted by atomic mass is 9.88. The maximum absolute atomic E-state index is 6.76. The normalized spacial score (nSPS) is 11.7. The molecule has 13 aromatic rings. The molecule has 0 saturated heterocycles. The van der Waals surface area contributed by atoms with Gasteiger partial charge in [0, 0.05) is 54.7 Å². The third kappa shape index (κ3) is 6.18. The molecule has 0 amide bonds. The first-order valence-corrected chi connectivity index (χ1v) is 22.0. The molecule has 0 aliphatic carbocycles. The van der Waals surface area contributed by atoms with Crippen molar-refractivity contribution in [2.24, 2.45) is 0 Å². The summed E-state index contributed by atoms with van der Waals surface area (Å²) in [5, 5.41) is 10.1. The van der Waals surface area contributed by atoms with Crippen molar-refractivity contribution >= 4 is 65.2 Å². The summed E-state index contributed by atoms with van der Waals surface area (Å²) in [5.74, 6) is 0.675. The third-order valence-corrected chi connectivity index (χ3v) is 12.8. The molecule has 0 spiro atoms. The second kappa shape index (κ2) is 15.0. The Morgan fingerprint density at radius 1 is 0.308 bits per heavy atom. The summed E-state index contributed by atoms with van der Waals surface area (Å²) in [7, 11) is 0. The second-order valence-corrected chi connectivity index (χ2v) is 16.7. The topological polar surface area (TPSA) is 51.8 Å². The number of hydrogen-bond acceptors (Lipinski definition) is 4. The molecule has 0 fully saturated rings. The molecule has 0 aliphatic rings. The molecule has 3 heterocycles. The van der Waals surface area contributed by atoms with Crippen molar-refractivity contribution in [1.82, 2.24) is 15.0 Å². The zero-order valence-corrected chi connectivity index (χ0v) is 35.1. The molecule has 13 rings (SSSR count). The summed E-state index contributed by atoms with van der Waals surface area (Å²) in [4.78, 5) is 16.0. The monoisotopic (exact) mass is 827 g/mol. The predicted molar refractivity (Wildman–Crippen MR) is 270 cm³/mol. The first-order valence-electron chi connectivity index (χ1n) is 22.0. The lowest BCUT2D eigenvalue weighted by Gasteiger charge is -2.17. The van der Waals surface area contributed by atoms with Gasteiger partial charge in [-0.1, -0.05) is 188 Å². The summed E-state index contributed by atoms with van der Waals surface area (Å²) in [6.45, 7) is 0. The highest BCUT2D eigenvalue weighted by Gasteiger charge is 2.23. The van der Waals surface area contributed by atoms with Gasteiger partial charge in [0.1, 0.15) is 11.2 Å². The van der Waals surface area contributed by atoms with Crippen LogP contribution in [0.3, 0.4) is 0 Å². The van der Waals surface area contributed by atoms with Gasteiger partial charge in [-0.3, -0.25) is 0 Å². The Kier molecular flexibility index (Phi) is 8.50. The molecule has 0 N–H and O–H groups in total. The number of aromatic nitrogens is 3. The minimum atomic E-state index is 0.675. The highest BCUT2D eigenvalue weighted by molar-refractivity contribution is 6.28. The van der Waals surface area contributed by atoms with E-state index in [0.29, 0.717) is 5.82 Å². The van der Waals surface area contributed by atoms with E-state index < -0.39 is 0 Å². The van der Waals surface area contributed by atoms with Crippen molar-refractivity contribution in [3.63, 3.8) is 0 Å². The SMILES string of the molecule is c1ccc(-c2ccc(-c3nc4ccccc4c4c(-c5cccc(-c6cc(-c7cc8ccccc8c8ccccc78)nc(-c7ccccc7)n6)c5)c5c(cc34)oc3ccccc35)cc2)cc1. The van der Waals surface area contributed by atoms with E-state index in [0.717, 1.165) is 105 Å². The molecule has 4 heteroatoms. The molecule has 0 atom stereocenters. The lowest BCUT2D eigenvalue weighted by Crippen LogP contribution is -1.97. The van der Waals surface area contributed by atoms with Crippen molar-refractivity contribution < 1.29 is 4.42 Å². The summed E-state index contributed by atoms with van der Waals surface area (Å²) in [6.07, 6.45) is 0. The van der Waals surface area contributed by atoms with E-state index in [1.165, 1.54) is 21.7 Å². The molecule has 10 aromatic carbocycles. The first-order chi connectivity index (χ1) is 32.2. The Balaban J connectivity index is 1.07. The Bertz CT molecular complexity index is 3990. The molecule has 65 heavy (non-hydrogen) atoms. The van der Waals surface area contributed by atoms with Crippen LogP contribution in [0.4, 0.5) is 0 Å². The average Bonchev–Trinajstić information content (AvgIpc) is 3.76. The molecule has 0 aliphatic heterocycles. The Morgan fingerprint density at radius 2 is 0.908 bits per heavy atom. The van der Waals surface area contributed by atoms with Gasteiger partial charge in [0.25, 0.3) is 0 Å². The molecule has 4 nitrogen and oxygen atoms in total. The van der Waals surface area contributed by atoms with Crippen LogP contribution in [0.5, 0.6) is 0 Å². The number of fused-ring (bicyclic) bond motifs is 9. The molecular formula is C61H37N3O. The summed E-state index contributed by atoms with van der Waals surface area (Å²) in [5.41, 5.74) is 13.8. The standard InChI is InChI=1S/C61H37N3O/c1-3-16-38(17-4-1)39-30-32-40(33-31-39)60-51-36-56-59(49-27-12-14-29-55(49)65-56)57(58(51)48-26-11-13-28-52(48)62-60)44-22-15-21-43(34-44)53-37-54(64-61(63-53)41-18-5-2-6-19-41)50-35-42-20-7-8-23-45(42)46-24-9-10-25-47(46)50/h1-37H. The van der Waals surface area contributed by atoms with E-state index in [1.54, 1.807) is 0 Å². The van der Waals surface area contributed by atoms with E-state index in [-0.39, 0.29) is 0 Å². The van der Waals surface area contributed by atoms with Gasteiger partial charge in [0.05, 0.1) is 22.6 Å². The van der Waals surface area contributed by atoms with Crippen molar-refractivity contribution in [2.45, 2.75) is 0 Å². The van der Waals surface area contributed by atoms with Crippen LogP contribution in [0, 0.1) is 0 Å². The van der Waals surface area contributed by atoms with Crippen molar-refractivity contribution in [2.75, 3.05) is 0 Å². The molecule has 3 aromatic heterocycles. The van der Waals surface area contributed by atoms with Crippen LogP contribution in [-0.2, 0) is 0 Å². The van der Waals surface area contributed by atoms with Crippen LogP contribution >= 0.6 is 0 Å². The molecule has 0 saturated carbocycles. The van der Waals surface area contributed by atoms with Gasteiger partial charge in [-0.2, -0.15) is 0 Å². The van der Waals surface area contributed by atoms with Crippen LogP contribution < -0.4 is 0 Å². The van der Waals surface area contributed by atoms with Crippen molar-refractivity contribution in [3.05, 3.63) is 224 Å². The Labute approximate surface area is 374 Å². The van der Waals surface area contributed by atoms with Gasteiger partial charge in [-0.05, 0) is 74.6 Å². The zero-order valence-electron chi connectivity index (χ0n) is 35.1. The van der Waals surface area contributed by atoms with Gasteiger partial charge in [-0.15, -0.1) is 0 Å². The smallest absolute Gasteiger partial charge is 0.160 e. The van der Waals surface area contributed by atoms with Gasteiger partial charge in [0.15, 0.2) is 5.82 Å². The highest BCUT2D eigenvalue weighted by Crippen LogP contribution is 2.47. The quantitative estimate of drug-likeness (QED) is 0.157. The first kappa shape index (κ1) is 36.9. The molecular weight excluding hydrogens is 791 g/mol. The van der Waals surface area contributed by atoms with Gasteiger partial charge >= 0.3 is 0 Å². The van der Waals surface area contributed by atoms with E-state index in [1.807, 2.05) is 24.3 Å². The maximum atomic E-state index is 6.76. The number of hydrogen-bond donors (Lipinski definition) is 0. The predicted octanol–water partition coefficient (Wildman–Crippen LogP) is 16.4. The van der Waals surface area contributed by atoms with Crippen LogP contribution in [0.1, 0.15) is 0 Å². The van der Waals surface area contributed by atoms with Crippen LogP contribution in [-0.4, -0.2) is 15.0 Å². The van der Waals surface area contributed by atoms with E-state index in [2.05, 4.69) is 200 Å². The molecule has 0 radical (unpaired) electrons. The summed E-state index contributed by atoms with van der Waals surface area (Å²) >= 11 is 0. The largest absolute Gasteiger partial charge is 0.456 e. The average molecular weight is 828 g/mol.